The van der Waals surface area contributed by atoms with Gasteiger partial charge in [-0.05, 0) is 38.0 Å². The Labute approximate surface area is 235 Å². The van der Waals surface area contributed by atoms with E-state index in [0.29, 0.717) is 0 Å². The molecule has 3 aromatic heterocycles. The zero-order valence-electron chi connectivity index (χ0n) is 21.8. The summed E-state index contributed by atoms with van der Waals surface area (Å²) in [6.45, 7) is -0.0772. The van der Waals surface area contributed by atoms with Crippen molar-refractivity contribution in [3.63, 3.8) is 0 Å². The van der Waals surface area contributed by atoms with Gasteiger partial charge in [-0.3, -0.25) is 9.88 Å². The van der Waals surface area contributed by atoms with Gasteiger partial charge in [0.1, 0.15) is 34.4 Å². The van der Waals surface area contributed by atoms with Crippen LogP contribution in [0.5, 0.6) is 11.8 Å². The zero-order valence-corrected chi connectivity index (χ0v) is 22.6. The quantitative estimate of drug-likeness (QED) is 0.268. The monoisotopic (exact) mass is 623 g/mol. The summed E-state index contributed by atoms with van der Waals surface area (Å²) in [5, 5.41) is 3.21. The van der Waals surface area contributed by atoms with Crippen LogP contribution < -0.4 is 14.6 Å². The van der Waals surface area contributed by atoms with E-state index in [1.165, 1.54) is 29.3 Å². The lowest BCUT2D eigenvalue weighted by Crippen LogP contribution is -2.42. The maximum Gasteiger partial charge on any atom is 0.401 e. The molecule has 2 N–H and O–H groups in total. The fraction of sp³-hybridized carbons (Fsp3) is 0.400. The highest BCUT2D eigenvalue weighted by molar-refractivity contribution is 7.89. The molecule has 0 aromatic carbocycles. The first-order valence-electron chi connectivity index (χ1n) is 12.4. The molecule has 0 aliphatic carbocycles. The molecule has 0 spiro atoms. The normalized spacial score (nSPS) is 16.7. The van der Waals surface area contributed by atoms with Crippen LogP contribution in [-0.2, 0) is 10.0 Å². The van der Waals surface area contributed by atoms with Crippen molar-refractivity contribution in [2.75, 3.05) is 19.6 Å². The number of likely N-dealkylation sites (tertiary alicyclic amines) is 1. The molecular weight excluding hydrogens is 599 g/mol. The number of primary sulfonamides is 1. The molecule has 42 heavy (non-hydrogen) atoms. The van der Waals surface area contributed by atoms with E-state index >= 15 is 8.78 Å². The molecular formula is C25H24F7N5O4S. The zero-order chi connectivity index (χ0) is 30.8. The van der Waals surface area contributed by atoms with Crippen LogP contribution in [0.1, 0.15) is 42.6 Å². The van der Waals surface area contributed by atoms with Crippen LogP contribution in [0.4, 0.5) is 30.7 Å². The van der Waals surface area contributed by atoms with Gasteiger partial charge in [-0.2, -0.15) is 26.9 Å². The number of hydrogen-bond donors (Lipinski definition) is 1. The Morgan fingerprint density at radius 3 is 2.38 bits per heavy atom. The number of nitrogens with zero attached hydrogens (tertiary/aromatic N) is 4. The molecule has 1 aliphatic rings. The van der Waals surface area contributed by atoms with Crippen molar-refractivity contribution in [3.8, 4) is 23.0 Å². The summed E-state index contributed by atoms with van der Waals surface area (Å²) in [5.74, 6) is -6.06. The van der Waals surface area contributed by atoms with Crippen LogP contribution >= 0.6 is 0 Å². The molecule has 1 fully saturated rings. The standard InChI is InChI=1S/C25H24F7N5O4S/c1-13(42(33,38)39)18-20(27)19(22(28)36-24(18)41-23(29)16-4-2-3-9-34-16)21-15(26)5-6-17(35-21)40-14-7-10-37(11-8-14)12-25(30,31)32/h2-6,9,13-14,23H,7-8,10-12H2,1H3,(H2,33,38,39). The van der Waals surface area contributed by atoms with Gasteiger partial charge in [0.05, 0.1) is 17.7 Å². The van der Waals surface area contributed by atoms with Crippen LogP contribution in [0.3, 0.4) is 0 Å². The van der Waals surface area contributed by atoms with Crippen molar-refractivity contribution in [2.24, 2.45) is 5.14 Å². The fourth-order valence-corrected chi connectivity index (χ4v) is 4.81. The van der Waals surface area contributed by atoms with E-state index in [1.54, 1.807) is 0 Å². The Bertz CT molecular complexity index is 1520. The summed E-state index contributed by atoms with van der Waals surface area (Å²) in [7, 11) is -4.60. The average molecular weight is 624 g/mol. The van der Waals surface area contributed by atoms with E-state index < -0.39 is 80.7 Å². The van der Waals surface area contributed by atoms with Crippen molar-refractivity contribution in [2.45, 2.75) is 43.7 Å². The van der Waals surface area contributed by atoms with Crippen molar-refractivity contribution >= 4 is 10.0 Å². The van der Waals surface area contributed by atoms with Gasteiger partial charge in [0.25, 0.3) is 6.36 Å². The van der Waals surface area contributed by atoms with Crippen molar-refractivity contribution < 1.29 is 48.6 Å². The molecule has 3 aromatic rings. The Kier molecular flexibility index (Phi) is 9.22. The number of piperidine rings is 1. The first kappa shape index (κ1) is 31.4. The second-order valence-corrected chi connectivity index (χ2v) is 11.3. The Morgan fingerprint density at radius 1 is 1.10 bits per heavy atom. The van der Waals surface area contributed by atoms with Crippen molar-refractivity contribution in [1.82, 2.24) is 19.9 Å². The highest BCUT2D eigenvalue weighted by atomic mass is 32.2. The molecule has 2 unspecified atom stereocenters. The molecule has 2 atom stereocenters. The number of hydrogen-bond acceptors (Lipinski definition) is 8. The van der Waals surface area contributed by atoms with Gasteiger partial charge in [0, 0.05) is 25.4 Å². The lowest BCUT2D eigenvalue weighted by molar-refractivity contribution is -0.149. The Hall–Kier alpha value is -3.57. The van der Waals surface area contributed by atoms with Crippen LogP contribution in [0.2, 0.25) is 0 Å². The van der Waals surface area contributed by atoms with E-state index in [-0.39, 0.29) is 37.5 Å². The fourth-order valence-electron chi connectivity index (χ4n) is 4.28. The predicted molar refractivity (Wildman–Crippen MR) is 134 cm³/mol. The molecule has 4 heterocycles. The first-order chi connectivity index (χ1) is 19.6. The van der Waals surface area contributed by atoms with Crippen LogP contribution in [-0.4, -0.2) is 60.2 Å². The van der Waals surface area contributed by atoms with Crippen LogP contribution in [0.15, 0.2) is 36.5 Å². The Balaban J connectivity index is 1.67. The van der Waals surface area contributed by atoms with E-state index in [1.807, 2.05) is 0 Å². The predicted octanol–water partition coefficient (Wildman–Crippen LogP) is 4.76. The Morgan fingerprint density at radius 2 is 1.79 bits per heavy atom. The van der Waals surface area contributed by atoms with E-state index in [4.69, 9.17) is 14.6 Å². The summed E-state index contributed by atoms with van der Waals surface area (Å²) >= 11 is 0. The minimum Gasteiger partial charge on any atom is -0.474 e. The number of nitrogens with two attached hydrogens (primary N) is 1. The second kappa shape index (κ2) is 12.3. The number of rotatable bonds is 9. The smallest absolute Gasteiger partial charge is 0.401 e. The average Bonchev–Trinajstić information content (AvgIpc) is 2.90. The molecule has 0 amide bonds. The van der Waals surface area contributed by atoms with Crippen LogP contribution in [0, 0.1) is 17.6 Å². The highest BCUT2D eigenvalue weighted by Crippen LogP contribution is 2.39. The molecule has 0 bridgehead atoms. The summed E-state index contributed by atoms with van der Waals surface area (Å²) in [6, 6.07) is 5.89. The van der Waals surface area contributed by atoms with Crippen molar-refractivity contribution in [1.29, 1.82) is 0 Å². The van der Waals surface area contributed by atoms with Gasteiger partial charge in [-0.1, -0.05) is 6.07 Å². The third-order valence-corrected chi connectivity index (χ3v) is 7.63. The highest BCUT2D eigenvalue weighted by Gasteiger charge is 2.35. The van der Waals surface area contributed by atoms with E-state index in [0.717, 1.165) is 19.1 Å². The van der Waals surface area contributed by atoms with Crippen LogP contribution in [0.25, 0.3) is 11.3 Å². The molecule has 0 saturated carbocycles. The third kappa shape index (κ3) is 7.43. The van der Waals surface area contributed by atoms with Gasteiger partial charge >= 0.3 is 6.18 Å². The van der Waals surface area contributed by atoms with E-state index in [9.17, 15) is 30.4 Å². The topological polar surface area (TPSA) is 121 Å². The molecule has 0 radical (unpaired) electrons. The molecule has 1 saturated heterocycles. The number of aromatic nitrogens is 3. The molecule has 1 aliphatic heterocycles. The minimum atomic E-state index is -4.60. The minimum absolute atomic E-state index is 0.0513. The number of alkyl halides is 4. The maximum atomic E-state index is 15.9. The second-order valence-electron chi connectivity index (χ2n) is 9.42. The number of halogens is 7. The molecule has 4 rings (SSSR count). The largest absolute Gasteiger partial charge is 0.474 e. The number of pyridine rings is 3. The summed E-state index contributed by atoms with van der Waals surface area (Å²) in [6.07, 6.45) is -5.88. The van der Waals surface area contributed by atoms with Gasteiger partial charge < -0.3 is 9.47 Å². The summed E-state index contributed by atoms with van der Waals surface area (Å²) < 4.78 is 134. The van der Waals surface area contributed by atoms with Gasteiger partial charge in [-0.25, -0.2) is 27.3 Å². The van der Waals surface area contributed by atoms with Crippen molar-refractivity contribution in [3.05, 3.63) is 65.4 Å². The molecule has 9 nitrogen and oxygen atoms in total. The lowest BCUT2D eigenvalue weighted by Gasteiger charge is -2.32. The summed E-state index contributed by atoms with van der Waals surface area (Å²) in [4.78, 5) is 12.1. The number of ether oxygens (including phenoxy) is 2. The molecule has 17 heteroatoms. The molecule has 228 valence electrons. The first-order valence-corrected chi connectivity index (χ1v) is 14.0. The number of sulfonamides is 1. The lowest BCUT2D eigenvalue weighted by atomic mass is 10.1. The third-order valence-electron chi connectivity index (χ3n) is 6.41. The van der Waals surface area contributed by atoms with Gasteiger partial charge in [0.15, 0.2) is 0 Å². The maximum absolute atomic E-state index is 15.9. The summed E-state index contributed by atoms with van der Waals surface area (Å²) in [5.41, 5.74) is -3.47. The van der Waals surface area contributed by atoms with E-state index in [2.05, 4.69) is 15.0 Å². The van der Waals surface area contributed by atoms with Gasteiger partial charge in [-0.15, -0.1) is 0 Å². The SMILES string of the molecule is CC(c1c(OC(F)c2ccccn2)nc(F)c(-c2nc(OC3CCN(CC(F)(F)F)CC3)ccc2F)c1F)S(N)(=O)=O. The van der Waals surface area contributed by atoms with Gasteiger partial charge in [0.2, 0.25) is 27.7 Å².